The van der Waals surface area contributed by atoms with E-state index in [1.807, 2.05) is 24.3 Å². The summed E-state index contributed by atoms with van der Waals surface area (Å²) in [4.78, 5) is 4.52. The molecule has 1 aliphatic carbocycles. The Morgan fingerprint density at radius 1 is 1.14 bits per heavy atom. The van der Waals surface area contributed by atoms with Crippen molar-refractivity contribution in [3.05, 3.63) is 46.6 Å². The lowest BCUT2D eigenvalue weighted by Crippen LogP contribution is -2.37. The number of hydrogen-bond acceptors (Lipinski definition) is 4. The zero-order valence-electron chi connectivity index (χ0n) is 12.0. The maximum absolute atomic E-state index is 6.51. The van der Waals surface area contributed by atoms with Crippen molar-refractivity contribution in [2.24, 2.45) is 5.73 Å². The summed E-state index contributed by atoms with van der Waals surface area (Å²) in [5.74, 6) is 1.22. The summed E-state index contributed by atoms with van der Waals surface area (Å²) < 4.78 is 5.38. The van der Waals surface area contributed by atoms with Crippen LogP contribution in [0.1, 0.15) is 55.8 Å². The molecule has 5 heteroatoms. The van der Waals surface area contributed by atoms with Crippen LogP contribution in [0.2, 0.25) is 5.02 Å². The minimum Gasteiger partial charge on any atom is -0.339 e. The Labute approximate surface area is 129 Å². The summed E-state index contributed by atoms with van der Waals surface area (Å²) in [6, 6.07) is 7.69. The summed E-state index contributed by atoms with van der Waals surface area (Å²) in [5.41, 5.74) is 7.06. The molecule has 0 spiro atoms. The second kappa shape index (κ2) is 6.16. The van der Waals surface area contributed by atoms with Crippen molar-refractivity contribution in [3.8, 4) is 0 Å². The highest BCUT2D eigenvalue weighted by Crippen LogP contribution is 2.32. The number of benzene rings is 1. The molecule has 2 aromatic rings. The van der Waals surface area contributed by atoms with E-state index in [4.69, 9.17) is 21.9 Å². The molecule has 112 valence electrons. The topological polar surface area (TPSA) is 64.9 Å². The van der Waals surface area contributed by atoms with Crippen LogP contribution in [0.15, 0.2) is 28.8 Å². The minimum absolute atomic E-state index is 0.432. The highest BCUT2D eigenvalue weighted by molar-refractivity contribution is 6.31. The Hall–Kier alpha value is -1.39. The van der Waals surface area contributed by atoms with Crippen molar-refractivity contribution in [1.82, 2.24) is 10.1 Å². The molecule has 3 rings (SSSR count). The van der Waals surface area contributed by atoms with E-state index < -0.39 is 5.54 Å². The van der Waals surface area contributed by atoms with Crippen LogP contribution in [0.25, 0.3) is 0 Å². The van der Waals surface area contributed by atoms with Gasteiger partial charge in [0.05, 0.1) is 12.0 Å². The van der Waals surface area contributed by atoms with Crippen molar-refractivity contribution in [2.45, 2.75) is 50.5 Å². The third kappa shape index (κ3) is 3.27. The van der Waals surface area contributed by atoms with Gasteiger partial charge in [0.15, 0.2) is 5.82 Å². The van der Waals surface area contributed by atoms with Gasteiger partial charge in [0.2, 0.25) is 5.89 Å². The molecule has 1 heterocycles. The highest BCUT2D eigenvalue weighted by atomic mass is 35.5. The van der Waals surface area contributed by atoms with E-state index in [9.17, 15) is 0 Å². The number of nitrogens with two attached hydrogens (primary N) is 1. The molecule has 0 aliphatic heterocycles. The monoisotopic (exact) mass is 305 g/mol. The molecule has 1 saturated carbocycles. The van der Waals surface area contributed by atoms with Crippen molar-refractivity contribution in [3.63, 3.8) is 0 Å². The molecule has 0 amide bonds. The van der Waals surface area contributed by atoms with Gasteiger partial charge in [-0.05, 0) is 24.5 Å². The number of hydrogen-bond donors (Lipinski definition) is 1. The van der Waals surface area contributed by atoms with Gasteiger partial charge in [-0.15, -0.1) is 0 Å². The fourth-order valence-electron chi connectivity index (χ4n) is 2.92. The summed E-state index contributed by atoms with van der Waals surface area (Å²) in [6.45, 7) is 0. The van der Waals surface area contributed by atoms with Gasteiger partial charge >= 0.3 is 0 Å². The van der Waals surface area contributed by atoms with E-state index in [1.54, 1.807) is 0 Å². The van der Waals surface area contributed by atoms with Crippen molar-refractivity contribution in [2.75, 3.05) is 0 Å². The van der Waals surface area contributed by atoms with Crippen LogP contribution >= 0.6 is 11.6 Å². The van der Waals surface area contributed by atoms with Crippen molar-refractivity contribution >= 4 is 11.6 Å². The van der Waals surface area contributed by atoms with Gasteiger partial charge in [-0.2, -0.15) is 4.98 Å². The Morgan fingerprint density at radius 3 is 2.57 bits per heavy atom. The number of aromatic nitrogens is 2. The normalized spacial score (nSPS) is 18.4. The van der Waals surface area contributed by atoms with Crippen LogP contribution in [0.3, 0.4) is 0 Å². The second-order valence-electron chi connectivity index (χ2n) is 5.85. The standard InChI is InChI=1S/C16H20ClN3O/c17-13-8-4-3-7-12(13)11-14-19-15(20-21-14)16(18)9-5-1-2-6-10-16/h3-4,7-8H,1-2,5-6,9-11,18H2. The summed E-state index contributed by atoms with van der Waals surface area (Å²) in [5, 5.41) is 4.84. The first-order valence-electron chi connectivity index (χ1n) is 7.53. The highest BCUT2D eigenvalue weighted by Gasteiger charge is 2.33. The van der Waals surface area contributed by atoms with Crippen LogP contribution in [0.4, 0.5) is 0 Å². The lowest BCUT2D eigenvalue weighted by atomic mass is 9.91. The van der Waals surface area contributed by atoms with E-state index in [2.05, 4.69) is 10.1 Å². The summed E-state index contributed by atoms with van der Waals surface area (Å²) >= 11 is 6.16. The zero-order chi connectivity index (χ0) is 14.7. The Kier molecular flexibility index (Phi) is 4.27. The van der Waals surface area contributed by atoms with E-state index in [0.29, 0.717) is 23.2 Å². The molecule has 1 aliphatic rings. The average molecular weight is 306 g/mol. The molecular formula is C16H20ClN3O. The molecule has 1 fully saturated rings. The molecule has 0 saturated heterocycles. The Morgan fingerprint density at radius 2 is 1.86 bits per heavy atom. The lowest BCUT2D eigenvalue weighted by molar-refractivity contribution is 0.326. The SMILES string of the molecule is NC1(c2noc(Cc3ccccc3Cl)n2)CCCCCC1. The first kappa shape index (κ1) is 14.5. The second-order valence-corrected chi connectivity index (χ2v) is 6.26. The maximum atomic E-state index is 6.51. The molecule has 1 aromatic heterocycles. The predicted molar refractivity (Wildman–Crippen MR) is 82.1 cm³/mol. The first-order chi connectivity index (χ1) is 10.2. The van der Waals surface area contributed by atoms with Crippen LogP contribution < -0.4 is 5.73 Å². The van der Waals surface area contributed by atoms with Crippen LogP contribution in [0.5, 0.6) is 0 Å². The number of halogens is 1. The molecule has 0 bridgehead atoms. The van der Waals surface area contributed by atoms with Gasteiger partial charge in [0, 0.05) is 5.02 Å². The number of rotatable bonds is 3. The molecule has 0 atom stereocenters. The van der Waals surface area contributed by atoms with Gasteiger partial charge in [-0.3, -0.25) is 0 Å². The van der Waals surface area contributed by atoms with Gasteiger partial charge in [0.25, 0.3) is 0 Å². The largest absolute Gasteiger partial charge is 0.339 e. The fraction of sp³-hybridized carbons (Fsp3) is 0.500. The van der Waals surface area contributed by atoms with Crippen LogP contribution in [-0.2, 0) is 12.0 Å². The smallest absolute Gasteiger partial charge is 0.231 e. The minimum atomic E-state index is -0.432. The van der Waals surface area contributed by atoms with E-state index in [0.717, 1.165) is 31.2 Å². The molecular weight excluding hydrogens is 286 g/mol. The van der Waals surface area contributed by atoms with Gasteiger partial charge in [-0.25, -0.2) is 0 Å². The molecule has 1 aromatic carbocycles. The Balaban J connectivity index is 1.78. The molecule has 0 radical (unpaired) electrons. The maximum Gasteiger partial charge on any atom is 0.231 e. The molecule has 4 nitrogen and oxygen atoms in total. The summed E-state index contributed by atoms with van der Waals surface area (Å²) in [7, 11) is 0. The zero-order valence-corrected chi connectivity index (χ0v) is 12.8. The molecule has 21 heavy (non-hydrogen) atoms. The Bertz CT molecular complexity index is 603. The third-order valence-electron chi connectivity index (χ3n) is 4.21. The summed E-state index contributed by atoms with van der Waals surface area (Å²) in [6.07, 6.45) is 7.14. The van der Waals surface area contributed by atoms with E-state index >= 15 is 0 Å². The average Bonchev–Trinajstić information content (AvgIpc) is 2.84. The molecule has 2 N–H and O–H groups in total. The predicted octanol–water partition coefficient (Wildman–Crippen LogP) is 3.82. The molecule has 0 unspecified atom stereocenters. The quantitative estimate of drug-likeness (QED) is 0.875. The van der Waals surface area contributed by atoms with Gasteiger partial charge in [-0.1, -0.05) is 60.6 Å². The fourth-order valence-corrected chi connectivity index (χ4v) is 3.12. The van der Waals surface area contributed by atoms with E-state index in [1.165, 1.54) is 12.8 Å². The van der Waals surface area contributed by atoms with Gasteiger partial charge < -0.3 is 10.3 Å². The van der Waals surface area contributed by atoms with Crippen molar-refractivity contribution < 1.29 is 4.52 Å². The third-order valence-corrected chi connectivity index (χ3v) is 4.58. The number of nitrogens with zero attached hydrogens (tertiary/aromatic N) is 2. The lowest BCUT2D eigenvalue weighted by Gasteiger charge is -2.23. The van der Waals surface area contributed by atoms with Crippen LogP contribution in [0, 0.1) is 0 Å². The van der Waals surface area contributed by atoms with E-state index in [-0.39, 0.29) is 0 Å². The van der Waals surface area contributed by atoms with Crippen molar-refractivity contribution in [1.29, 1.82) is 0 Å². The van der Waals surface area contributed by atoms with Gasteiger partial charge in [0.1, 0.15) is 0 Å². The first-order valence-corrected chi connectivity index (χ1v) is 7.90. The van der Waals surface area contributed by atoms with Crippen LogP contribution in [-0.4, -0.2) is 10.1 Å².